The first kappa shape index (κ1) is 15.3. The molecule has 1 aliphatic rings. The lowest BCUT2D eigenvalue weighted by molar-refractivity contribution is 0.0695. The van der Waals surface area contributed by atoms with Crippen LogP contribution in [0.3, 0.4) is 0 Å². The number of carboxylic acid groups (broad SMARTS) is 1. The highest BCUT2D eigenvalue weighted by Gasteiger charge is 2.38. The first-order valence-corrected chi connectivity index (χ1v) is 8.24. The molecule has 0 bridgehead atoms. The summed E-state index contributed by atoms with van der Waals surface area (Å²) in [7, 11) is 1.66. The van der Waals surface area contributed by atoms with Crippen molar-refractivity contribution >= 4 is 17.3 Å². The predicted molar refractivity (Wildman–Crippen MR) is 88.8 cm³/mol. The Hall–Kier alpha value is -1.65. The minimum atomic E-state index is -0.824. The predicted octanol–water partition coefficient (Wildman–Crippen LogP) is 4.48. The smallest absolute Gasteiger partial charge is 0.337 e. The standard InChI is InChI=1S/C18H20O3S/c1-18(2)9-8-13-15(18)14(17(19)20)16(22-13)12-7-5-4-6-11(12)10-21-3/h4-7H,8-10H2,1-3H3,(H,19,20). The Labute approximate surface area is 134 Å². The van der Waals surface area contributed by atoms with E-state index in [-0.39, 0.29) is 5.41 Å². The Balaban J connectivity index is 2.24. The van der Waals surface area contributed by atoms with Crippen molar-refractivity contribution in [3.63, 3.8) is 0 Å². The summed E-state index contributed by atoms with van der Waals surface area (Å²) in [5.74, 6) is -0.824. The Kier molecular flexibility index (Phi) is 3.83. The summed E-state index contributed by atoms with van der Waals surface area (Å²) in [6.45, 7) is 4.77. The number of methoxy groups -OCH3 is 1. The van der Waals surface area contributed by atoms with E-state index in [2.05, 4.69) is 13.8 Å². The van der Waals surface area contributed by atoms with E-state index in [9.17, 15) is 9.90 Å². The molecule has 0 aliphatic heterocycles. The van der Waals surface area contributed by atoms with Gasteiger partial charge in [-0.25, -0.2) is 4.79 Å². The summed E-state index contributed by atoms with van der Waals surface area (Å²) in [6.07, 6.45) is 1.99. The second kappa shape index (κ2) is 5.52. The van der Waals surface area contributed by atoms with Crippen LogP contribution in [0.5, 0.6) is 0 Å². The molecule has 4 heteroatoms. The third kappa shape index (κ3) is 2.36. The number of hydrogen-bond donors (Lipinski definition) is 1. The number of aryl methyl sites for hydroxylation is 1. The van der Waals surface area contributed by atoms with Crippen LogP contribution in [-0.2, 0) is 23.2 Å². The lowest BCUT2D eigenvalue weighted by Crippen LogP contribution is -2.16. The SMILES string of the molecule is COCc1ccccc1-c1sc2c(c1C(=O)O)C(C)(C)CC2. The van der Waals surface area contributed by atoms with Crippen molar-refractivity contribution in [1.29, 1.82) is 0 Å². The van der Waals surface area contributed by atoms with Gasteiger partial charge in [0.2, 0.25) is 0 Å². The molecule has 1 heterocycles. The summed E-state index contributed by atoms with van der Waals surface area (Å²) in [5, 5.41) is 9.81. The summed E-state index contributed by atoms with van der Waals surface area (Å²) < 4.78 is 5.27. The molecular weight excluding hydrogens is 296 g/mol. The zero-order valence-corrected chi connectivity index (χ0v) is 13.9. The molecule has 0 amide bonds. The number of thiophene rings is 1. The fraction of sp³-hybridized carbons (Fsp3) is 0.389. The van der Waals surface area contributed by atoms with Crippen molar-refractivity contribution in [2.45, 2.75) is 38.7 Å². The zero-order chi connectivity index (χ0) is 15.9. The molecular formula is C18H20O3S. The summed E-state index contributed by atoms with van der Waals surface area (Å²) in [6, 6.07) is 7.91. The van der Waals surface area contributed by atoms with E-state index in [1.807, 2.05) is 24.3 Å². The maximum absolute atomic E-state index is 11.9. The molecule has 22 heavy (non-hydrogen) atoms. The lowest BCUT2D eigenvalue weighted by atomic mass is 9.84. The molecule has 2 aromatic rings. The van der Waals surface area contributed by atoms with Crippen LogP contribution in [0.2, 0.25) is 0 Å². The molecule has 0 radical (unpaired) electrons. The van der Waals surface area contributed by atoms with E-state index in [0.717, 1.165) is 34.4 Å². The van der Waals surface area contributed by atoms with E-state index >= 15 is 0 Å². The Morgan fingerprint density at radius 3 is 2.77 bits per heavy atom. The molecule has 0 unspecified atom stereocenters. The van der Waals surface area contributed by atoms with Crippen molar-refractivity contribution < 1.29 is 14.6 Å². The van der Waals surface area contributed by atoms with Crippen LogP contribution in [-0.4, -0.2) is 18.2 Å². The molecule has 1 aliphatic carbocycles. The Morgan fingerprint density at radius 1 is 1.36 bits per heavy atom. The topological polar surface area (TPSA) is 46.5 Å². The fourth-order valence-corrected chi connectivity index (χ4v) is 4.87. The maximum Gasteiger partial charge on any atom is 0.337 e. The molecule has 0 saturated carbocycles. The van der Waals surface area contributed by atoms with Crippen molar-refractivity contribution in [2.75, 3.05) is 7.11 Å². The molecule has 0 fully saturated rings. The lowest BCUT2D eigenvalue weighted by Gasteiger charge is -2.19. The van der Waals surface area contributed by atoms with Crippen LogP contribution >= 0.6 is 11.3 Å². The van der Waals surface area contributed by atoms with Gasteiger partial charge in [0.1, 0.15) is 0 Å². The molecule has 1 aromatic carbocycles. The van der Waals surface area contributed by atoms with Gasteiger partial charge in [-0.2, -0.15) is 0 Å². The van der Waals surface area contributed by atoms with Gasteiger partial charge in [0.25, 0.3) is 0 Å². The maximum atomic E-state index is 11.9. The molecule has 3 rings (SSSR count). The van der Waals surface area contributed by atoms with Crippen LogP contribution in [0, 0.1) is 0 Å². The number of ether oxygens (including phenoxy) is 1. The Morgan fingerprint density at radius 2 is 2.09 bits per heavy atom. The summed E-state index contributed by atoms with van der Waals surface area (Å²) in [5.41, 5.74) is 3.48. The fourth-order valence-electron chi connectivity index (χ4n) is 3.34. The van der Waals surface area contributed by atoms with Gasteiger partial charge in [0.05, 0.1) is 12.2 Å². The number of carboxylic acids is 1. The van der Waals surface area contributed by atoms with Crippen LogP contribution < -0.4 is 0 Å². The first-order valence-electron chi connectivity index (χ1n) is 7.42. The van der Waals surface area contributed by atoms with E-state index in [1.54, 1.807) is 18.4 Å². The van der Waals surface area contributed by atoms with Crippen LogP contribution in [0.4, 0.5) is 0 Å². The second-order valence-corrected chi connectivity index (χ2v) is 7.49. The highest BCUT2D eigenvalue weighted by molar-refractivity contribution is 7.16. The minimum Gasteiger partial charge on any atom is -0.478 e. The summed E-state index contributed by atoms with van der Waals surface area (Å²) in [4.78, 5) is 14.0. The van der Waals surface area contributed by atoms with Gasteiger partial charge in [-0.15, -0.1) is 11.3 Å². The molecule has 1 aromatic heterocycles. The molecule has 116 valence electrons. The van der Waals surface area contributed by atoms with Crippen LogP contribution in [0.1, 0.15) is 46.6 Å². The quantitative estimate of drug-likeness (QED) is 0.904. The normalized spacial score (nSPS) is 15.8. The van der Waals surface area contributed by atoms with Crippen molar-refractivity contribution in [3.05, 3.63) is 45.8 Å². The van der Waals surface area contributed by atoms with Gasteiger partial charge in [0.15, 0.2) is 0 Å². The number of benzene rings is 1. The van der Waals surface area contributed by atoms with Crippen LogP contribution in [0.25, 0.3) is 10.4 Å². The summed E-state index contributed by atoms with van der Waals surface area (Å²) >= 11 is 1.64. The van der Waals surface area contributed by atoms with Gasteiger partial charge in [0, 0.05) is 16.9 Å². The van der Waals surface area contributed by atoms with Gasteiger partial charge in [-0.05, 0) is 34.9 Å². The number of aromatic carboxylic acids is 1. The third-order valence-electron chi connectivity index (χ3n) is 4.41. The van der Waals surface area contributed by atoms with Gasteiger partial charge in [-0.3, -0.25) is 0 Å². The van der Waals surface area contributed by atoms with Gasteiger partial charge >= 0.3 is 5.97 Å². The first-order chi connectivity index (χ1) is 10.5. The van der Waals surface area contributed by atoms with Gasteiger partial charge < -0.3 is 9.84 Å². The number of rotatable bonds is 4. The molecule has 3 nitrogen and oxygen atoms in total. The average Bonchev–Trinajstić information content (AvgIpc) is 2.98. The molecule has 1 N–H and O–H groups in total. The van der Waals surface area contributed by atoms with E-state index in [0.29, 0.717) is 12.2 Å². The van der Waals surface area contributed by atoms with Crippen molar-refractivity contribution in [3.8, 4) is 10.4 Å². The van der Waals surface area contributed by atoms with E-state index < -0.39 is 5.97 Å². The second-order valence-electron chi connectivity index (χ2n) is 6.38. The van der Waals surface area contributed by atoms with E-state index in [1.165, 1.54) is 4.88 Å². The van der Waals surface area contributed by atoms with Gasteiger partial charge in [-0.1, -0.05) is 38.1 Å². The zero-order valence-electron chi connectivity index (χ0n) is 13.1. The van der Waals surface area contributed by atoms with Crippen molar-refractivity contribution in [1.82, 2.24) is 0 Å². The third-order valence-corrected chi connectivity index (χ3v) is 5.69. The number of hydrogen-bond acceptors (Lipinski definition) is 3. The van der Waals surface area contributed by atoms with E-state index in [4.69, 9.17) is 4.74 Å². The minimum absolute atomic E-state index is 0.0615. The number of carbonyl (C=O) groups is 1. The van der Waals surface area contributed by atoms with Crippen LogP contribution in [0.15, 0.2) is 24.3 Å². The van der Waals surface area contributed by atoms with Crippen molar-refractivity contribution in [2.24, 2.45) is 0 Å². The average molecular weight is 316 g/mol. The molecule has 0 spiro atoms. The Bertz CT molecular complexity index is 728. The largest absolute Gasteiger partial charge is 0.478 e. The highest BCUT2D eigenvalue weighted by atomic mass is 32.1. The molecule has 0 saturated heterocycles. The highest BCUT2D eigenvalue weighted by Crippen LogP contribution is 2.49. The monoisotopic (exact) mass is 316 g/mol. The number of fused-ring (bicyclic) bond motifs is 1. The molecule has 0 atom stereocenters.